The number of hydrogen-bond donors (Lipinski definition) is 1. The molecule has 2 rings (SSSR count). The number of nitro groups is 1. The monoisotopic (exact) mass is 288 g/mol. The highest BCUT2D eigenvalue weighted by atomic mass is 19.1. The minimum atomic E-state index is -0.796. The third-order valence-electron chi connectivity index (χ3n) is 3.25. The maximum atomic E-state index is 13.5. The number of benzene rings is 2. The molecule has 0 heterocycles. The van der Waals surface area contributed by atoms with Crippen LogP contribution in [0.25, 0.3) is 0 Å². The smallest absolute Gasteiger partial charge is 0.304 e. The predicted octanol–water partition coefficient (Wildman–Crippen LogP) is 3.45. The molecular formula is C16H17FN2O2. The molecule has 0 spiro atoms. The van der Waals surface area contributed by atoms with Crippen molar-refractivity contribution < 1.29 is 9.31 Å². The Morgan fingerprint density at radius 2 is 1.90 bits per heavy atom. The molecule has 0 aliphatic rings. The number of hydrogen-bond acceptors (Lipinski definition) is 3. The van der Waals surface area contributed by atoms with Crippen molar-refractivity contribution in [3.8, 4) is 0 Å². The first-order chi connectivity index (χ1) is 10.1. The third kappa shape index (κ3) is 4.36. The summed E-state index contributed by atoms with van der Waals surface area (Å²) in [5.41, 5.74) is 1.43. The van der Waals surface area contributed by atoms with Gasteiger partial charge in [-0.15, -0.1) is 0 Å². The SMILES string of the molecule is CC(Cc1ccccc1)NCc1ccc([N+](=O)[O-])c(F)c1. The van der Waals surface area contributed by atoms with E-state index in [1.807, 2.05) is 18.2 Å². The van der Waals surface area contributed by atoms with E-state index in [-0.39, 0.29) is 6.04 Å². The van der Waals surface area contributed by atoms with Crippen molar-refractivity contribution in [3.05, 3.63) is 75.6 Å². The topological polar surface area (TPSA) is 55.2 Å². The van der Waals surface area contributed by atoms with Gasteiger partial charge in [0.15, 0.2) is 0 Å². The van der Waals surface area contributed by atoms with Crippen LogP contribution < -0.4 is 5.32 Å². The van der Waals surface area contributed by atoms with Crippen LogP contribution in [0.2, 0.25) is 0 Å². The van der Waals surface area contributed by atoms with Crippen LogP contribution in [0, 0.1) is 15.9 Å². The van der Waals surface area contributed by atoms with Crippen LogP contribution in [-0.4, -0.2) is 11.0 Å². The minimum absolute atomic E-state index is 0.227. The number of nitro benzene ring substituents is 1. The zero-order valence-electron chi connectivity index (χ0n) is 11.8. The van der Waals surface area contributed by atoms with Crippen LogP contribution >= 0.6 is 0 Å². The summed E-state index contributed by atoms with van der Waals surface area (Å²) in [7, 11) is 0. The summed E-state index contributed by atoms with van der Waals surface area (Å²) in [6.45, 7) is 2.53. The quantitative estimate of drug-likeness (QED) is 0.654. The Labute approximate surface area is 122 Å². The summed E-state index contributed by atoms with van der Waals surface area (Å²) >= 11 is 0. The van der Waals surface area contributed by atoms with Crippen molar-refractivity contribution in [3.63, 3.8) is 0 Å². The summed E-state index contributed by atoms with van der Waals surface area (Å²) in [6, 6.07) is 14.3. The zero-order valence-corrected chi connectivity index (χ0v) is 11.8. The standard InChI is InChI=1S/C16H17FN2O2/c1-12(9-13-5-3-2-4-6-13)18-11-14-7-8-16(19(20)21)15(17)10-14/h2-8,10,12,18H,9,11H2,1H3. The molecule has 0 saturated heterocycles. The molecule has 4 nitrogen and oxygen atoms in total. The van der Waals surface area contributed by atoms with Gasteiger partial charge in [-0.25, -0.2) is 0 Å². The molecule has 1 unspecified atom stereocenters. The largest absolute Gasteiger partial charge is 0.310 e. The van der Waals surface area contributed by atoms with Crippen molar-refractivity contribution in [2.75, 3.05) is 0 Å². The highest BCUT2D eigenvalue weighted by molar-refractivity contribution is 5.35. The average molecular weight is 288 g/mol. The van der Waals surface area contributed by atoms with E-state index in [0.717, 1.165) is 6.42 Å². The van der Waals surface area contributed by atoms with Gasteiger partial charge < -0.3 is 5.32 Å². The van der Waals surface area contributed by atoms with E-state index >= 15 is 0 Å². The second-order valence-electron chi connectivity index (χ2n) is 5.01. The van der Waals surface area contributed by atoms with Crippen molar-refractivity contribution in [1.82, 2.24) is 5.32 Å². The molecule has 110 valence electrons. The van der Waals surface area contributed by atoms with E-state index in [4.69, 9.17) is 0 Å². The van der Waals surface area contributed by atoms with Gasteiger partial charge in [0.1, 0.15) is 0 Å². The summed E-state index contributed by atoms with van der Waals surface area (Å²) in [4.78, 5) is 9.83. The molecular weight excluding hydrogens is 271 g/mol. The molecule has 0 radical (unpaired) electrons. The van der Waals surface area contributed by atoms with E-state index in [1.54, 1.807) is 6.07 Å². The van der Waals surface area contributed by atoms with Crippen LogP contribution in [0.3, 0.4) is 0 Å². The van der Waals surface area contributed by atoms with Crippen LogP contribution in [0.15, 0.2) is 48.5 Å². The Morgan fingerprint density at radius 1 is 1.19 bits per heavy atom. The van der Waals surface area contributed by atoms with Gasteiger partial charge in [0.2, 0.25) is 5.82 Å². The first-order valence-corrected chi connectivity index (χ1v) is 6.76. The van der Waals surface area contributed by atoms with E-state index in [0.29, 0.717) is 12.1 Å². The Morgan fingerprint density at radius 3 is 2.52 bits per heavy atom. The molecule has 0 aliphatic carbocycles. The van der Waals surface area contributed by atoms with Crippen LogP contribution in [0.1, 0.15) is 18.1 Å². The molecule has 1 atom stereocenters. The molecule has 5 heteroatoms. The normalized spacial score (nSPS) is 12.1. The fourth-order valence-corrected chi connectivity index (χ4v) is 2.14. The van der Waals surface area contributed by atoms with Gasteiger partial charge >= 0.3 is 5.69 Å². The first-order valence-electron chi connectivity index (χ1n) is 6.76. The number of nitrogens with zero attached hydrogens (tertiary/aromatic N) is 1. The van der Waals surface area contributed by atoms with Gasteiger partial charge in [0, 0.05) is 18.7 Å². The lowest BCUT2D eigenvalue weighted by Crippen LogP contribution is -2.27. The number of nitrogens with one attached hydrogen (secondary N) is 1. The molecule has 0 bridgehead atoms. The average Bonchev–Trinajstić information content (AvgIpc) is 2.46. The summed E-state index contributed by atoms with van der Waals surface area (Å²) in [5, 5.41) is 13.8. The molecule has 21 heavy (non-hydrogen) atoms. The third-order valence-corrected chi connectivity index (χ3v) is 3.25. The molecule has 0 amide bonds. The predicted molar refractivity (Wildman–Crippen MR) is 79.5 cm³/mol. The van der Waals surface area contributed by atoms with Crippen LogP contribution in [-0.2, 0) is 13.0 Å². The Bertz CT molecular complexity index is 617. The molecule has 2 aromatic rings. The molecule has 0 aromatic heterocycles. The van der Waals surface area contributed by atoms with E-state index in [9.17, 15) is 14.5 Å². The second-order valence-corrected chi connectivity index (χ2v) is 5.01. The first kappa shape index (κ1) is 15.1. The molecule has 0 aliphatic heterocycles. The highest BCUT2D eigenvalue weighted by Gasteiger charge is 2.13. The minimum Gasteiger partial charge on any atom is -0.310 e. The van der Waals surface area contributed by atoms with Crippen LogP contribution in [0.5, 0.6) is 0 Å². The molecule has 1 N–H and O–H groups in total. The lowest BCUT2D eigenvalue weighted by Gasteiger charge is -2.14. The molecule has 0 saturated carbocycles. The summed E-state index contributed by atoms with van der Waals surface area (Å²) < 4.78 is 13.5. The van der Waals surface area contributed by atoms with Crippen molar-refractivity contribution in [1.29, 1.82) is 0 Å². The highest BCUT2D eigenvalue weighted by Crippen LogP contribution is 2.18. The Hall–Kier alpha value is -2.27. The fraction of sp³-hybridized carbons (Fsp3) is 0.250. The maximum Gasteiger partial charge on any atom is 0.304 e. The summed E-state index contributed by atoms with van der Waals surface area (Å²) in [5.74, 6) is -0.796. The van der Waals surface area contributed by atoms with Crippen molar-refractivity contribution >= 4 is 5.69 Å². The lowest BCUT2D eigenvalue weighted by atomic mass is 10.1. The maximum absolute atomic E-state index is 13.5. The Kier molecular flexibility index (Phi) is 5.00. The van der Waals surface area contributed by atoms with Gasteiger partial charge in [-0.1, -0.05) is 36.4 Å². The van der Waals surface area contributed by atoms with E-state index in [2.05, 4.69) is 24.4 Å². The van der Waals surface area contributed by atoms with Gasteiger partial charge in [0.05, 0.1) is 4.92 Å². The summed E-state index contributed by atoms with van der Waals surface area (Å²) in [6.07, 6.45) is 0.871. The van der Waals surface area contributed by atoms with Crippen molar-refractivity contribution in [2.45, 2.75) is 25.9 Å². The van der Waals surface area contributed by atoms with Gasteiger partial charge in [-0.05, 0) is 30.5 Å². The van der Waals surface area contributed by atoms with E-state index in [1.165, 1.54) is 17.7 Å². The zero-order chi connectivity index (χ0) is 15.2. The van der Waals surface area contributed by atoms with Crippen LogP contribution in [0.4, 0.5) is 10.1 Å². The second kappa shape index (κ2) is 6.95. The lowest BCUT2D eigenvalue weighted by molar-refractivity contribution is -0.387. The number of rotatable bonds is 6. The van der Waals surface area contributed by atoms with Crippen molar-refractivity contribution in [2.24, 2.45) is 0 Å². The number of halogens is 1. The van der Waals surface area contributed by atoms with E-state index < -0.39 is 16.4 Å². The Balaban J connectivity index is 1.91. The van der Waals surface area contributed by atoms with Gasteiger partial charge in [-0.2, -0.15) is 4.39 Å². The molecule has 0 fully saturated rings. The van der Waals surface area contributed by atoms with Gasteiger partial charge in [0.25, 0.3) is 0 Å². The van der Waals surface area contributed by atoms with Gasteiger partial charge in [-0.3, -0.25) is 10.1 Å². The fourth-order valence-electron chi connectivity index (χ4n) is 2.14. The molecule has 2 aromatic carbocycles.